The summed E-state index contributed by atoms with van der Waals surface area (Å²) in [6.45, 7) is 4.63. The molecule has 0 fully saturated rings. The Hall–Kier alpha value is -6.12. The first-order valence-corrected chi connectivity index (χ1v) is 18.4. The Kier molecular flexibility index (Phi) is 8.09. The van der Waals surface area contributed by atoms with E-state index in [-0.39, 0.29) is 12.0 Å². The van der Waals surface area contributed by atoms with Crippen LogP contribution in [0, 0.1) is 11.8 Å². The Morgan fingerprint density at radius 1 is 0.558 bits per heavy atom. The number of para-hydroxylation sites is 2. The van der Waals surface area contributed by atoms with Gasteiger partial charge in [0.25, 0.3) is 0 Å². The molecule has 0 aromatic heterocycles. The number of fused-ring (bicyclic) bond motifs is 2. The standard InChI is InChI=1S/C50H41NO/c1-34-19-9-10-24-38(34)42-33-46(51-49(35(42)2)40-26-12-11-25-39(40)36-20-5-3-6-21-36)41-27-13-14-28-43(41)50(37-22-7-4-8-23-37)44-29-15-17-31-47(44)52-48-32-18-16-30-45(48)50/h3-34,38,46,51H,1-2H3. The normalized spacial score (nSPS) is 19.9. The zero-order valence-electron chi connectivity index (χ0n) is 29.5. The highest BCUT2D eigenvalue weighted by Gasteiger charge is 2.47. The van der Waals surface area contributed by atoms with Crippen molar-refractivity contribution >= 4 is 5.70 Å². The van der Waals surface area contributed by atoms with Crippen molar-refractivity contribution in [2.24, 2.45) is 11.8 Å². The van der Waals surface area contributed by atoms with Crippen molar-refractivity contribution in [1.29, 1.82) is 0 Å². The van der Waals surface area contributed by atoms with Gasteiger partial charge in [0.2, 0.25) is 0 Å². The maximum absolute atomic E-state index is 6.66. The van der Waals surface area contributed by atoms with E-state index in [1.165, 1.54) is 50.2 Å². The van der Waals surface area contributed by atoms with Crippen LogP contribution in [0.1, 0.15) is 53.3 Å². The van der Waals surface area contributed by atoms with Crippen LogP contribution < -0.4 is 10.1 Å². The molecule has 6 aromatic carbocycles. The van der Waals surface area contributed by atoms with E-state index in [0.717, 1.165) is 22.6 Å². The minimum Gasteiger partial charge on any atom is -0.457 e. The second kappa shape index (κ2) is 13.2. The van der Waals surface area contributed by atoms with E-state index in [0.29, 0.717) is 5.92 Å². The first kappa shape index (κ1) is 31.8. The lowest BCUT2D eigenvalue weighted by atomic mass is 9.62. The van der Waals surface area contributed by atoms with Crippen molar-refractivity contribution in [1.82, 2.24) is 5.32 Å². The van der Waals surface area contributed by atoms with Gasteiger partial charge in [-0.2, -0.15) is 0 Å². The third kappa shape index (κ3) is 5.17. The summed E-state index contributed by atoms with van der Waals surface area (Å²) in [7, 11) is 0. The highest BCUT2D eigenvalue weighted by molar-refractivity contribution is 5.85. The van der Waals surface area contributed by atoms with E-state index in [2.05, 4.69) is 207 Å². The molecule has 0 amide bonds. The number of hydrogen-bond acceptors (Lipinski definition) is 2. The van der Waals surface area contributed by atoms with Crippen molar-refractivity contribution in [2.45, 2.75) is 25.3 Å². The fourth-order valence-corrected chi connectivity index (χ4v) is 8.79. The van der Waals surface area contributed by atoms with Crippen molar-refractivity contribution in [3.63, 3.8) is 0 Å². The van der Waals surface area contributed by atoms with Gasteiger partial charge in [-0.3, -0.25) is 0 Å². The average molecular weight is 672 g/mol. The molecule has 1 N–H and O–H groups in total. The number of ether oxygens (including phenoxy) is 1. The van der Waals surface area contributed by atoms with Gasteiger partial charge in [0.05, 0.1) is 11.5 Å². The predicted octanol–water partition coefficient (Wildman–Crippen LogP) is 12.2. The maximum atomic E-state index is 6.66. The van der Waals surface area contributed by atoms with Crippen LogP contribution in [0.2, 0.25) is 0 Å². The molecular formula is C50H41NO. The molecule has 2 heterocycles. The molecule has 3 unspecified atom stereocenters. The van der Waals surface area contributed by atoms with E-state index in [1.807, 2.05) is 0 Å². The molecule has 1 aliphatic carbocycles. The van der Waals surface area contributed by atoms with Gasteiger partial charge in [-0.15, -0.1) is 0 Å². The molecular weight excluding hydrogens is 631 g/mol. The van der Waals surface area contributed by atoms with E-state index in [9.17, 15) is 0 Å². The van der Waals surface area contributed by atoms with Gasteiger partial charge in [-0.1, -0.05) is 183 Å². The first-order chi connectivity index (χ1) is 25.6. The van der Waals surface area contributed by atoms with E-state index >= 15 is 0 Å². The summed E-state index contributed by atoms with van der Waals surface area (Å²) in [5.41, 5.74) is 12.8. The van der Waals surface area contributed by atoms with Crippen LogP contribution in [0.25, 0.3) is 16.8 Å². The third-order valence-electron chi connectivity index (χ3n) is 11.2. The van der Waals surface area contributed by atoms with Gasteiger partial charge in [0.15, 0.2) is 0 Å². The molecule has 9 rings (SSSR count). The monoisotopic (exact) mass is 671 g/mol. The molecule has 252 valence electrons. The molecule has 0 radical (unpaired) electrons. The lowest BCUT2D eigenvalue weighted by Gasteiger charge is -2.43. The van der Waals surface area contributed by atoms with Crippen LogP contribution in [0.5, 0.6) is 11.5 Å². The summed E-state index contributed by atoms with van der Waals surface area (Å²) in [4.78, 5) is 0. The Balaban J connectivity index is 1.30. The number of nitrogens with one attached hydrogen (secondary N) is 1. The zero-order chi connectivity index (χ0) is 35.1. The summed E-state index contributed by atoms with van der Waals surface area (Å²) >= 11 is 0. The number of benzene rings is 6. The molecule has 52 heavy (non-hydrogen) atoms. The van der Waals surface area contributed by atoms with E-state index < -0.39 is 5.41 Å². The highest BCUT2D eigenvalue weighted by Crippen LogP contribution is 2.56. The molecule has 2 nitrogen and oxygen atoms in total. The van der Waals surface area contributed by atoms with Crippen LogP contribution in [0.4, 0.5) is 0 Å². The minimum atomic E-state index is -0.627. The first-order valence-electron chi connectivity index (χ1n) is 18.4. The summed E-state index contributed by atoms with van der Waals surface area (Å²) in [6.07, 6.45) is 11.6. The Bertz CT molecular complexity index is 2350. The largest absolute Gasteiger partial charge is 0.457 e. The predicted molar refractivity (Wildman–Crippen MR) is 214 cm³/mol. The quantitative estimate of drug-likeness (QED) is 0.190. The van der Waals surface area contributed by atoms with Gasteiger partial charge in [0.1, 0.15) is 11.5 Å². The summed E-state index contributed by atoms with van der Waals surface area (Å²) in [5.74, 6) is 2.40. The summed E-state index contributed by atoms with van der Waals surface area (Å²) in [6, 6.07) is 56.7. The van der Waals surface area contributed by atoms with Crippen LogP contribution in [-0.4, -0.2) is 0 Å². The van der Waals surface area contributed by atoms with Gasteiger partial charge in [0, 0.05) is 28.3 Å². The number of hydrogen-bond donors (Lipinski definition) is 1. The van der Waals surface area contributed by atoms with Crippen LogP contribution in [0.15, 0.2) is 199 Å². The van der Waals surface area contributed by atoms with Crippen LogP contribution >= 0.6 is 0 Å². The summed E-state index contributed by atoms with van der Waals surface area (Å²) < 4.78 is 6.66. The number of rotatable bonds is 6. The Labute approximate surface area is 307 Å². The fourth-order valence-electron chi connectivity index (χ4n) is 8.79. The smallest absolute Gasteiger partial charge is 0.132 e. The lowest BCUT2D eigenvalue weighted by molar-refractivity contribution is 0.433. The van der Waals surface area contributed by atoms with Crippen LogP contribution in [0.3, 0.4) is 0 Å². The Morgan fingerprint density at radius 2 is 1.12 bits per heavy atom. The molecule has 2 aliphatic heterocycles. The second-order valence-electron chi connectivity index (χ2n) is 14.1. The second-order valence-corrected chi connectivity index (χ2v) is 14.1. The van der Waals surface area contributed by atoms with Crippen molar-refractivity contribution < 1.29 is 4.74 Å². The fraction of sp³-hybridized carbons (Fsp3) is 0.120. The maximum Gasteiger partial charge on any atom is 0.132 e. The van der Waals surface area contributed by atoms with Gasteiger partial charge >= 0.3 is 0 Å². The SMILES string of the molecule is CC1=C(c2ccccc2-c2ccccc2)NC(c2ccccc2C2(c3ccccc3)c3ccccc3Oc3ccccc32)C=C1C1C=CC=CC1C. The summed E-state index contributed by atoms with van der Waals surface area (Å²) in [5, 5.41) is 4.16. The van der Waals surface area contributed by atoms with E-state index in [1.54, 1.807) is 0 Å². The van der Waals surface area contributed by atoms with Gasteiger partial charge in [-0.25, -0.2) is 0 Å². The third-order valence-corrected chi connectivity index (χ3v) is 11.2. The average Bonchev–Trinajstić information content (AvgIpc) is 3.21. The highest BCUT2D eigenvalue weighted by atomic mass is 16.5. The molecule has 0 bridgehead atoms. The lowest BCUT2D eigenvalue weighted by Crippen LogP contribution is -2.37. The van der Waals surface area contributed by atoms with Crippen molar-refractivity contribution in [3.8, 4) is 22.6 Å². The minimum absolute atomic E-state index is 0.108. The van der Waals surface area contributed by atoms with E-state index in [4.69, 9.17) is 4.74 Å². The molecule has 0 saturated heterocycles. The molecule has 0 spiro atoms. The zero-order valence-corrected chi connectivity index (χ0v) is 29.5. The van der Waals surface area contributed by atoms with Crippen molar-refractivity contribution in [2.75, 3.05) is 0 Å². The van der Waals surface area contributed by atoms with Crippen LogP contribution in [-0.2, 0) is 5.41 Å². The molecule has 3 atom stereocenters. The van der Waals surface area contributed by atoms with Gasteiger partial charge < -0.3 is 10.1 Å². The molecule has 3 aliphatic rings. The Morgan fingerprint density at radius 3 is 1.81 bits per heavy atom. The number of dihydropyridines is 1. The molecule has 2 heteroatoms. The van der Waals surface area contributed by atoms with Crippen molar-refractivity contribution in [3.05, 3.63) is 233 Å². The number of allylic oxidation sites excluding steroid dienone is 6. The molecule has 6 aromatic rings. The molecule has 0 saturated carbocycles. The topological polar surface area (TPSA) is 21.3 Å². The van der Waals surface area contributed by atoms with Gasteiger partial charge in [-0.05, 0) is 63.9 Å².